The normalized spacial score (nSPS) is 19.7. The van der Waals surface area contributed by atoms with E-state index in [1.807, 2.05) is 20.8 Å². The molecule has 3 rings (SSSR count). The summed E-state index contributed by atoms with van der Waals surface area (Å²) in [6.45, 7) is 11.2. The number of carbonyl (C=O) groups excluding carboxylic acids is 1. The molecule has 0 N–H and O–H groups in total. The number of hydrogen-bond acceptors (Lipinski definition) is 6. The van der Waals surface area contributed by atoms with Crippen LogP contribution < -0.4 is 0 Å². The summed E-state index contributed by atoms with van der Waals surface area (Å²) >= 11 is 0. The zero-order valence-electron chi connectivity index (χ0n) is 18.0. The molecule has 2 fully saturated rings. The van der Waals surface area contributed by atoms with Gasteiger partial charge in [0.25, 0.3) is 0 Å². The Balaban J connectivity index is 1.43. The molecule has 0 aromatic heterocycles. The van der Waals surface area contributed by atoms with Crippen molar-refractivity contribution < 1.29 is 18.8 Å². The van der Waals surface area contributed by atoms with Crippen LogP contribution in [0.2, 0.25) is 0 Å². The summed E-state index contributed by atoms with van der Waals surface area (Å²) < 4.78 is 19.3. The number of likely N-dealkylation sites (tertiary alicyclic amines) is 1. The average Bonchev–Trinajstić information content (AvgIpc) is 2.67. The molecule has 2 heterocycles. The molecule has 1 aromatic rings. The van der Waals surface area contributed by atoms with Crippen molar-refractivity contribution in [2.45, 2.75) is 51.8 Å². The maximum Gasteiger partial charge on any atom is 0.410 e. The average molecular weight is 423 g/mol. The van der Waals surface area contributed by atoms with E-state index in [1.165, 1.54) is 12.1 Å². The monoisotopic (exact) mass is 422 g/mol. The fourth-order valence-corrected chi connectivity index (χ4v) is 4.08. The lowest BCUT2D eigenvalue weighted by molar-refractivity contribution is -0.387. The van der Waals surface area contributed by atoms with Gasteiger partial charge < -0.3 is 9.64 Å². The Morgan fingerprint density at radius 1 is 1.17 bits per heavy atom. The summed E-state index contributed by atoms with van der Waals surface area (Å²) in [4.78, 5) is 28.8. The van der Waals surface area contributed by atoms with E-state index in [4.69, 9.17) is 4.74 Å². The second-order valence-electron chi connectivity index (χ2n) is 9.05. The van der Waals surface area contributed by atoms with E-state index < -0.39 is 22.0 Å². The minimum absolute atomic E-state index is 0.235. The number of hydrogen-bond donors (Lipinski definition) is 0. The third-order valence-corrected chi connectivity index (χ3v) is 5.65. The van der Waals surface area contributed by atoms with E-state index in [1.54, 1.807) is 11.0 Å². The molecule has 166 valence electrons. The van der Waals surface area contributed by atoms with Crippen molar-refractivity contribution >= 4 is 11.8 Å². The first-order valence-corrected chi connectivity index (χ1v) is 10.5. The standard InChI is InChI=1S/C21H31FN4O4/c1-21(2,3)30-20(27)25-8-6-17(7-9-25)24-12-10-23(11-13-24)15-16-4-5-19(26(28)29)18(22)14-16/h4-5,14,17H,6-13,15H2,1-3H3. The van der Waals surface area contributed by atoms with Gasteiger partial charge in [-0.25, -0.2) is 4.79 Å². The van der Waals surface area contributed by atoms with Crippen molar-refractivity contribution in [3.63, 3.8) is 0 Å². The molecule has 0 bridgehead atoms. The van der Waals surface area contributed by atoms with Crippen molar-refractivity contribution in [2.75, 3.05) is 39.3 Å². The predicted octanol–water partition coefficient (Wildman–Crippen LogP) is 3.25. The van der Waals surface area contributed by atoms with Gasteiger partial charge in [0.15, 0.2) is 0 Å². The van der Waals surface area contributed by atoms with Crippen LogP contribution in [0.5, 0.6) is 0 Å². The highest BCUT2D eigenvalue weighted by Crippen LogP contribution is 2.22. The smallest absolute Gasteiger partial charge is 0.410 e. The quantitative estimate of drug-likeness (QED) is 0.547. The van der Waals surface area contributed by atoms with Gasteiger partial charge in [0.2, 0.25) is 5.82 Å². The highest BCUT2D eigenvalue weighted by Gasteiger charge is 2.31. The lowest BCUT2D eigenvalue weighted by atomic mass is 10.0. The Morgan fingerprint density at radius 3 is 2.33 bits per heavy atom. The van der Waals surface area contributed by atoms with E-state index in [-0.39, 0.29) is 6.09 Å². The fourth-order valence-electron chi connectivity index (χ4n) is 4.08. The SMILES string of the molecule is CC(C)(C)OC(=O)N1CCC(N2CCN(Cc3ccc([N+](=O)[O-])c(F)c3)CC2)CC1. The maximum atomic E-state index is 13.8. The number of piperazine rings is 1. The van der Waals surface area contributed by atoms with Gasteiger partial charge in [0.1, 0.15) is 5.60 Å². The molecule has 1 aromatic carbocycles. The molecule has 30 heavy (non-hydrogen) atoms. The van der Waals surface area contributed by atoms with Gasteiger partial charge in [-0.3, -0.25) is 19.9 Å². The third kappa shape index (κ3) is 5.89. The molecule has 2 aliphatic heterocycles. The number of nitrogens with zero attached hydrogens (tertiary/aromatic N) is 4. The van der Waals surface area contributed by atoms with Crippen molar-refractivity contribution in [3.05, 3.63) is 39.7 Å². The first-order valence-electron chi connectivity index (χ1n) is 10.5. The molecule has 2 aliphatic rings. The number of carbonyl (C=O) groups is 1. The number of halogens is 1. The lowest BCUT2D eigenvalue weighted by Gasteiger charge is -2.42. The van der Waals surface area contributed by atoms with Crippen LogP contribution in [0, 0.1) is 15.9 Å². The highest BCUT2D eigenvalue weighted by molar-refractivity contribution is 5.68. The number of amides is 1. The molecule has 1 amide bonds. The second-order valence-corrected chi connectivity index (χ2v) is 9.05. The largest absolute Gasteiger partial charge is 0.444 e. The van der Waals surface area contributed by atoms with E-state index in [0.29, 0.717) is 25.7 Å². The Bertz CT molecular complexity index is 767. The zero-order valence-corrected chi connectivity index (χ0v) is 18.0. The topological polar surface area (TPSA) is 79.2 Å². The fraction of sp³-hybridized carbons (Fsp3) is 0.667. The molecule has 8 nitrogen and oxygen atoms in total. The molecule has 0 spiro atoms. The minimum atomic E-state index is -0.784. The maximum absolute atomic E-state index is 13.8. The Kier molecular flexibility index (Phi) is 6.92. The van der Waals surface area contributed by atoms with E-state index in [0.717, 1.165) is 44.6 Å². The molecule has 0 unspecified atom stereocenters. The summed E-state index contributed by atoms with van der Waals surface area (Å²) in [5, 5.41) is 10.7. The van der Waals surface area contributed by atoms with Gasteiger partial charge in [-0.2, -0.15) is 4.39 Å². The summed E-state index contributed by atoms with van der Waals surface area (Å²) in [6, 6.07) is 4.58. The molecule has 0 radical (unpaired) electrons. The first kappa shape index (κ1) is 22.4. The second kappa shape index (κ2) is 9.26. The lowest BCUT2D eigenvalue weighted by Crippen LogP contribution is -2.53. The minimum Gasteiger partial charge on any atom is -0.444 e. The number of nitro benzene ring substituents is 1. The molecule has 0 atom stereocenters. The number of rotatable bonds is 4. The molecule has 9 heteroatoms. The van der Waals surface area contributed by atoms with Crippen LogP contribution in [0.3, 0.4) is 0 Å². The number of nitro groups is 1. The van der Waals surface area contributed by atoms with Gasteiger partial charge in [0.05, 0.1) is 4.92 Å². The summed E-state index contributed by atoms with van der Waals surface area (Å²) in [5.41, 5.74) is -0.213. The molecular weight excluding hydrogens is 391 g/mol. The van der Waals surface area contributed by atoms with Gasteiger partial charge in [-0.05, 0) is 45.2 Å². The highest BCUT2D eigenvalue weighted by atomic mass is 19.1. The van der Waals surface area contributed by atoms with Crippen LogP contribution in [0.1, 0.15) is 39.2 Å². The summed E-state index contributed by atoms with van der Waals surface area (Å²) in [5.74, 6) is -0.784. The molecule has 0 aliphatic carbocycles. The van der Waals surface area contributed by atoms with Gasteiger partial charge >= 0.3 is 11.8 Å². The molecule has 2 saturated heterocycles. The van der Waals surface area contributed by atoms with Gasteiger partial charge in [-0.15, -0.1) is 0 Å². The van der Waals surface area contributed by atoms with Crippen LogP contribution in [-0.4, -0.2) is 76.6 Å². The number of ether oxygens (including phenoxy) is 1. The number of piperidine rings is 1. The predicted molar refractivity (Wildman–Crippen MR) is 111 cm³/mol. The molecule has 0 saturated carbocycles. The van der Waals surface area contributed by atoms with E-state index in [9.17, 15) is 19.3 Å². The van der Waals surface area contributed by atoms with Crippen LogP contribution >= 0.6 is 0 Å². The van der Waals surface area contributed by atoms with Crippen molar-refractivity contribution in [3.8, 4) is 0 Å². The van der Waals surface area contributed by atoms with Gasteiger partial charge in [-0.1, -0.05) is 6.07 Å². The third-order valence-electron chi connectivity index (χ3n) is 5.65. The summed E-state index contributed by atoms with van der Waals surface area (Å²) in [7, 11) is 0. The first-order chi connectivity index (χ1) is 14.1. The summed E-state index contributed by atoms with van der Waals surface area (Å²) in [6.07, 6.45) is 1.64. The number of benzene rings is 1. The van der Waals surface area contributed by atoms with E-state index >= 15 is 0 Å². The van der Waals surface area contributed by atoms with Crippen LogP contribution in [-0.2, 0) is 11.3 Å². The zero-order chi connectivity index (χ0) is 21.9. The van der Waals surface area contributed by atoms with Crippen molar-refractivity contribution in [1.29, 1.82) is 0 Å². The van der Waals surface area contributed by atoms with Crippen molar-refractivity contribution in [2.24, 2.45) is 0 Å². The molecular formula is C21H31FN4O4. The van der Waals surface area contributed by atoms with E-state index in [2.05, 4.69) is 9.80 Å². The Labute approximate surface area is 176 Å². The Hall–Kier alpha value is -2.26. The van der Waals surface area contributed by atoms with Crippen LogP contribution in [0.25, 0.3) is 0 Å². The Morgan fingerprint density at radius 2 is 1.80 bits per heavy atom. The van der Waals surface area contributed by atoms with Crippen LogP contribution in [0.4, 0.5) is 14.9 Å². The van der Waals surface area contributed by atoms with Gasteiger partial charge in [0, 0.05) is 57.9 Å². The van der Waals surface area contributed by atoms with Crippen LogP contribution in [0.15, 0.2) is 18.2 Å². The van der Waals surface area contributed by atoms with Crippen molar-refractivity contribution in [1.82, 2.24) is 14.7 Å².